The number of rotatable bonds is 4. The second kappa shape index (κ2) is 5.42. The molecule has 0 rings (SSSR count). The van der Waals surface area contributed by atoms with Gasteiger partial charge in [0.25, 0.3) is 0 Å². The highest BCUT2D eigenvalue weighted by molar-refractivity contribution is 5.94. The number of Topliss-reactive ketones (excluding diaryl/α,β-unsaturated/α-hetero) is 1. The quantitative estimate of drug-likeness (QED) is 0.425. The van der Waals surface area contributed by atoms with Gasteiger partial charge < -0.3 is 9.84 Å². The molecule has 1 unspecified atom stereocenters. The van der Waals surface area contributed by atoms with E-state index in [0.29, 0.717) is 0 Å². The number of aliphatic hydroxyl groups is 1. The highest BCUT2D eigenvalue weighted by atomic mass is 16.5. The number of ketones is 1. The van der Waals surface area contributed by atoms with Crippen molar-refractivity contribution in [3.63, 3.8) is 0 Å². The van der Waals surface area contributed by atoms with Crippen LogP contribution in [-0.2, 0) is 14.3 Å². The van der Waals surface area contributed by atoms with Crippen LogP contribution in [0.15, 0.2) is 11.3 Å². The van der Waals surface area contributed by atoms with Gasteiger partial charge in [0, 0.05) is 5.57 Å². The van der Waals surface area contributed by atoms with Crippen LogP contribution < -0.4 is 0 Å². The first kappa shape index (κ1) is 12.7. The first-order valence-electron chi connectivity index (χ1n) is 4.49. The van der Waals surface area contributed by atoms with E-state index in [2.05, 4.69) is 0 Å². The van der Waals surface area contributed by atoms with Crippen molar-refractivity contribution in [3.05, 3.63) is 11.3 Å². The summed E-state index contributed by atoms with van der Waals surface area (Å²) in [5, 5.41) is 9.51. The Morgan fingerprint density at radius 1 is 1.36 bits per heavy atom. The maximum absolute atomic E-state index is 11.2. The van der Waals surface area contributed by atoms with Gasteiger partial charge in [-0.15, -0.1) is 0 Å². The molecule has 4 heteroatoms. The zero-order valence-electron chi connectivity index (χ0n) is 8.96. The molecule has 0 aromatic carbocycles. The monoisotopic (exact) mass is 200 g/mol. The number of carbonyl (C=O) groups is 2. The van der Waals surface area contributed by atoms with Crippen LogP contribution in [0, 0.1) is 5.92 Å². The normalized spacial score (nSPS) is 14.3. The average Bonchev–Trinajstić information content (AvgIpc) is 2.14. The number of aliphatic hydroxyl groups excluding tert-OH is 1. The Morgan fingerprint density at radius 3 is 2.21 bits per heavy atom. The zero-order valence-corrected chi connectivity index (χ0v) is 8.96. The Kier molecular flexibility index (Phi) is 4.91. The van der Waals surface area contributed by atoms with Gasteiger partial charge in [-0.2, -0.15) is 0 Å². The number of esters is 1. The lowest BCUT2D eigenvalue weighted by atomic mass is 10.0. The molecule has 1 N–H and O–H groups in total. The van der Waals surface area contributed by atoms with Crippen molar-refractivity contribution in [3.8, 4) is 0 Å². The molecule has 0 aliphatic rings. The third-order valence-corrected chi connectivity index (χ3v) is 1.96. The number of ether oxygens (including phenoxy) is 1. The van der Waals surface area contributed by atoms with Crippen LogP contribution in [0.4, 0.5) is 0 Å². The second-order valence-electron chi connectivity index (χ2n) is 3.04. The number of allylic oxidation sites excluding steroid dienone is 1. The van der Waals surface area contributed by atoms with Gasteiger partial charge in [0.2, 0.25) is 0 Å². The van der Waals surface area contributed by atoms with E-state index in [1.54, 1.807) is 6.92 Å². The molecule has 0 saturated carbocycles. The third-order valence-electron chi connectivity index (χ3n) is 1.96. The van der Waals surface area contributed by atoms with Crippen molar-refractivity contribution in [2.45, 2.75) is 27.7 Å². The van der Waals surface area contributed by atoms with Crippen LogP contribution in [-0.4, -0.2) is 23.5 Å². The van der Waals surface area contributed by atoms with Gasteiger partial charge in [0.15, 0.2) is 5.78 Å². The first-order valence-corrected chi connectivity index (χ1v) is 4.49. The Hall–Kier alpha value is -1.32. The van der Waals surface area contributed by atoms with Crippen LogP contribution in [0.1, 0.15) is 27.7 Å². The van der Waals surface area contributed by atoms with Crippen molar-refractivity contribution in [2.75, 3.05) is 6.61 Å². The van der Waals surface area contributed by atoms with Gasteiger partial charge in [-0.1, -0.05) is 0 Å². The third kappa shape index (κ3) is 3.20. The number of carbonyl (C=O) groups excluding carboxylic acids is 2. The van der Waals surface area contributed by atoms with Gasteiger partial charge >= 0.3 is 5.97 Å². The van der Waals surface area contributed by atoms with E-state index in [1.165, 1.54) is 20.8 Å². The maximum Gasteiger partial charge on any atom is 0.316 e. The zero-order chi connectivity index (χ0) is 11.3. The molecule has 0 aromatic rings. The van der Waals surface area contributed by atoms with Crippen molar-refractivity contribution in [2.24, 2.45) is 5.92 Å². The summed E-state index contributed by atoms with van der Waals surface area (Å²) in [7, 11) is 0. The summed E-state index contributed by atoms with van der Waals surface area (Å²) in [6.07, 6.45) is 0. The van der Waals surface area contributed by atoms with E-state index in [9.17, 15) is 14.7 Å². The smallest absolute Gasteiger partial charge is 0.316 e. The lowest BCUT2D eigenvalue weighted by Crippen LogP contribution is -2.18. The lowest BCUT2D eigenvalue weighted by Gasteiger charge is -2.11. The summed E-state index contributed by atoms with van der Waals surface area (Å²) < 4.78 is 4.71. The predicted molar refractivity (Wildman–Crippen MR) is 51.8 cm³/mol. The molecule has 0 fully saturated rings. The SMILES string of the molecule is CCOC(=O)C(C)/C(O)=C(\C)C(C)=O. The topological polar surface area (TPSA) is 63.6 Å². The van der Waals surface area contributed by atoms with Crippen LogP contribution >= 0.6 is 0 Å². The molecule has 0 amide bonds. The first-order chi connectivity index (χ1) is 6.41. The largest absolute Gasteiger partial charge is 0.511 e. The highest BCUT2D eigenvalue weighted by Gasteiger charge is 2.21. The Balaban J connectivity index is 4.68. The van der Waals surface area contributed by atoms with Crippen LogP contribution in [0.2, 0.25) is 0 Å². The molecule has 0 aliphatic heterocycles. The molecule has 1 atom stereocenters. The maximum atomic E-state index is 11.2. The average molecular weight is 200 g/mol. The van der Waals surface area contributed by atoms with E-state index < -0.39 is 11.9 Å². The van der Waals surface area contributed by atoms with Gasteiger partial charge in [-0.3, -0.25) is 9.59 Å². The molecule has 0 aliphatic carbocycles. The van der Waals surface area contributed by atoms with Gasteiger partial charge in [0.1, 0.15) is 11.7 Å². The van der Waals surface area contributed by atoms with E-state index in [0.717, 1.165) is 0 Å². The van der Waals surface area contributed by atoms with Crippen LogP contribution in [0.25, 0.3) is 0 Å². The summed E-state index contributed by atoms with van der Waals surface area (Å²) in [6.45, 7) is 6.26. The van der Waals surface area contributed by atoms with Gasteiger partial charge in [0.05, 0.1) is 6.61 Å². The molecule has 4 nitrogen and oxygen atoms in total. The Labute approximate surface area is 83.6 Å². The fourth-order valence-electron chi connectivity index (χ4n) is 0.884. The molecular weight excluding hydrogens is 184 g/mol. The second-order valence-corrected chi connectivity index (χ2v) is 3.04. The molecule has 0 spiro atoms. The van der Waals surface area contributed by atoms with Crippen LogP contribution in [0.3, 0.4) is 0 Å². The minimum Gasteiger partial charge on any atom is -0.511 e. The Bertz CT molecular complexity index is 265. The van der Waals surface area contributed by atoms with Gasteiger partial charge in [-0.25, -0.2) is 0 Å². The molecular formula is C10H16O4. The standard InChI is InChI=1S/C10H16O4/c1-5-14-10(13)7(3)9(12)6(2)8(4)11/h7,12H,5H2,1-4H3/b9-6-. The minimum absolute atomic E-state index is 0.200. The van der Waals surface area contributed by atoms with Crippen molar-refractivity contribution >= 4 is 11.8 Å². The van der Waals surface area contributed by atoms with E-state index in [-0.39, 0.29) is 23.7 Å². The molecule has 0 aromatic heterocycles. The molecule has 0 saturated heterocycles. The molecule has 0 heterocycles. The summed E-state index contributed by atoms with van der Waals surface area (Å²) >= 11 is 0. The fourth-order valence-corrected chi connectivity index (χ4v) is 0.884. The Morgan fingerprint density at radius 2 is 1.86 bits per heavy atom. The number of hydrogen-bond acceptors (Lipinski definition) is 4. The summed E-state index contributed by atoms with van der Waals surface area (Å²) in [5.41, 5.74) is 0.200. The van der Waals surface area contributed by atoms with Crippen molar-refractivity contribution in [1.29, 1.82) is 0 Å². The summed E-state index contributed by atoms with van der Waals surface area (Å²) in [6, 6.07) is 0. The molecule has 0 radical (unpaired) electrons. The number of hydrogen-bond donors (Lipinski definition) is 1. The van der Waals surface area contributed by atoms with E-state index in [1.807, 2.05) is 0 Å². The summed E-state index contributed by atoms with van der Waals surface area (Å²) in [5.74, 6) is -1.76. The highest BCUT2D eigenvalue weighted by Crippen LogP contribution is 2.14. The van der Waals surface area contributed by atoms with Crippen molar-refractivity contribution in [1.82, 2.24) is 0 Å². The lowest BCUT2D eigenvalue weighted by molar-refractivity contribution is -0.146. The van der Waals surface area contributed by atoms with Gasteiger partial charge in [-0.05, 0) is 27.7 Å². The van der Waals surface area contributed by atoms with Crippen molar-refractivity contribution < 1.29 is 19.4 Å². The minimum atomic E-state index is -0.779. The molecule has 80 valence electrons. The van der Waals surface area contributed by atoms with Crippen LogP contribution in [0.5, 0.6) is 0 Å². The fraction of sp³-hybridized carbons (Fsp3) is 0.600. The molecule has 14 heavy (non-hydrogen) atoms. The molecule has 0 bridgehead atoms. The summed E-state index contributed by atoms with van der Waals surface area (Å²) in [4.78, 5) is 22.1. The predicted octanol–water partition coefficient (Wildman–Crippen LogP) is 1.61. The van der Waals surface area contributed by atoms with E-state index >= 15 is 0 Å². The van der Waals surface area contributed by atoms with E-state index in [4.69, 9.17) is 4.74 Å².